The van der Waals surface area contributed by atoms with E-state index in [1.807, 2.05) is 0 Å². The molecule has 5 nitrogen and oxygen atoms in total. The largest absolute Gasteiger partial charge is 0.497 e. The third kappa shape index (κ3) is 13.7. The van der Waals surface area contributed by atoms with E-state index in [-0.39, 0.29) is 11.9 Å². The number of hydrogen-bond acceptors (Lipinski definition) is 5. The van der Waals surface area contributed by atoms with Crippen molar-refractivity contribution < 1.29 is 23.8 Å². The van der Waals surface area contributed by atoms with Crippen molar-refractivity contribution in [3.63, 3.8) is 0 Å². The summed E-state index contributed by atoms with van der Waals surface area (Å²) in [6.45, 7) is 2.76. The minimum absolute atomic E-state index is 0.0678. The zero-order chi connectivity index (χ0) is 21.2. The molecule has 0 heterocycles. The highest BCUT2D eigenvalue weighted by atomic mass is 16.5. The first kappa shape index (κ1) is 25.0. The normalized spacial score (nSPS) is 10.6. The number of methoxy groups -OCH3 is 1. The fourth-order valence-electron chi connectivity index (χ4n) is 3.04. The molecule has 0 atom stereocenters. The molecule has 0 saturated heterocycles. The number of unbranched alkanes of at least 4 members (excludes halogenated alkanes) is 9. The molecular formula is C24H38O5. The molecule has 0 fully saturated rings. The van der Waals surface area contributed by atoms with Gasteiger partial charge < -0.3 is 14.2 Å². The lowest BCUT2D eigenvalue weighted by Gasteiger charge is -2.06. The Balaban J connectivity index is 1.91. The lowest BCUT2D eigenvalue weighted by Crippen LogP contribution is -2.07. The van der Waals surface area contributed by atoms with Crippen LogP contribution in [-0.4, -0.2) is 25.7 Å². The summed E-state index contributed by atoms with van der Waals surface area (Å²) in [5.41, 5.74) is 0. The lowest BCUT2D eigenvalue weighted by molar-refractivity contribution is -0.144. The van der Waals surface area contributed by atoms with E-state index < -0.39 is 0 Å². The predicted octanol–water partition coefficient (Wildman–Crippen LogP) is 6.24. The molecular weight excluding hydrogens is 368 g/mol. The summed E-state index contributed by atoms with van der Waals surface area (Å²) in [7, 11) is 1.60. The number of hydrogen-bond donors (Lipinski definition) is 0. The van der Waals surface area contributed by atoms with Crippen LogP contribution in [0.4, 0.5) is 0 Å². The first-order chi connectivity index (χ1) is 14.2. The van der Waals surface area contributed by atoms with Gasteiger partial charge in [0.2, 0.25) is 0 Å². The number of rotatable bonds is 17. The van der Waals surface area contributed by atoms with Gasteiger partial charge in [-0.1, -0.05) is 58.3 Å². The minimum atomic E-state index is -0.201. The Morgan fingerprint density at radius 3 is 1.83 bits per heavy atom. The average molecular weight is 407 g/mol. The zero-order valence-corrected chi connectivity index (χ0v) is 18.3. The van der Waals surface area contributed by atoms with Crippen molar-refractivity contribution in [2.24, 2.45) is 0 Å². The van der Waals surface area contributed by atoms with E-state index >= 15 is 0 Å². The topological polar surface area (TPSA) is 61.8 Å². The molecule has 0 aliphatic heterocycles. The van der Waals surface area contributed by atoms with Crippen molar-refractivity contribution in [2.75, 3.05) is 13.7 Å². The van der Waals surface area contributed by atoms with Crippen LogP contribution in [0.25, 0.3) is 0 Å². The van der Waals surface area contributed by atoms with Gasteiger partial charge in [-0.15, -0.1) is 0 Å². The van der Waals surface area contributed by atoms with E-state index in [4.69, 9.17) is 14.2 Å². The molecule has 164 valence electrons. The highest BCUT2D eigenvalue weighted by molar-refractivity contribution is 5.72. The first-order valence-corrected chi connectivity index (χ1v) is 11.2. The molecule has 1 aromatic rings. The highest BCUT2D eigenvalue weighted by Crippen LogP contribution is 2.18. The lowest BCUT2D eigenvalue weighted by atomic mass is 10.1. The SMILES string of the molecule is CCCCCCCOC(=O)CCCCCCCCC(=O)Oc1ccc(OC)cc1. The fraction of sp³-hybridized carbons (Fsp3) is 0.667. The maximum Gasteiger partial charge on any atom is 0.311 e. The maximum atomic E-state index is 11.8. The van der Waals surface area contributed by atoms with Crippen molar-refractivity contribution in [3.8, 4) is 11.5 Å². The molecule has 1 rings (SSSR count). The smallest absolute Gasteiger partial charge is 0.311 e. The van der Waals surface area contributed by atoms with Gasteiger partial charge in [-0.25, -0.2) is 0 Å². The van der Waals surface area contributed by atoms with Crippen molar-refractivity contribution in [2.45, 2.75) is 90.4 Å². The predicted molar refractivity (Wildman–Crippen MR) is 115 cm³/mol. The number of carbonyl (C=O) groups excluding carboxylic acids is 2. The summed E-state index contributed by atoms with van der Waals surface area (Å²) < 4.78 is 15.6. The van der Waals surface area contributed by atoms with Crippen LogP contribution in [0.3, 0.4) is 0 Å². The van der Waals surface area contributed by atoms with Crippen LogP contribution in [0, 0.1) is 0 Å². The molecule has 0 unspecified atom stereocenters. The standard InChI is InChI=1S/C24H38O5/c1-3-4-5-10-13-20-28-23(25)14-11-8-6-7-9-12-15-24(26)29-22-18-16-21(27-2)17-19-22/h16-19H,3-15,20H2,1-2H3. The maximum absolute atomic E-state index is 11.8. The third-order valence-electron chi connectivity index (χ3n) is 4.81. The number of carbonyl (C=O) groups is 2. The van der Waals surface area contributed by atoms with Crippen LogP contribution in [0.1, 0.15) is 90.4 Å². The van der Waals surface area contributed by atoms with E-state index in [1.165, 1.54) is 19.3 Å². The summed E-state index contributed by atoms with van der Waals surface area (Å²) in [5, 5.41) is 0. The molecule has 0 aliphatic rings. The molecule has 0 aliphatic carbocycles. The van der Waals surface area contributed by atoms with Gasteiger partial charge in [-0.2, -0.15) is 0 Å². The van der Waals surface area contributed by atoms with Gasteiger partial charge >= 0.3 is 11.9 Å². The third-order valence-corrected chi connectivity index (χ3v) is 4.81. The molecule has 0 aromatic heterocycles. The summed E-state index contributed by atoms with van der Waals surface area (Å²) in [6, 6.07) is 7.00. The summed E-state index contributed by atoms with van der Waals surface area (Å²) >= 11 is 0. The number of esters is 2. The minimum Gasteiger partial charge on any atom is -0.497 e. The second kappa shape index (κ2) is 16.9. The van der Waals surface area contributed by atoms with Gasteiger partial charge in [0, 0.05) is 12.8 Å². The molecule has 1 aromatic carbocycles. The molecule has 0 spiro atoms. The van der Waals surface area contributed by atoms with Gasteiger partial charge in [0.1, 0.15) is 11.5 Å². The van der Waals surface area contributed by atoms with Crippen molar-refractivity contribution in [3.05, 3.63) is 24.3 Å². The van der Waals surface area contributed by atoms with E-state index in [0.717, 1.165) is 57.1 Å². The molecule has 0 N–H and O–H groups in total. The Hall–Kier alpha value is -2.04. The summed E-state index contributed by atoms with van der Waals surface area (Å²) in [5.74, 6) is 1.01. The molecule has 29 heavy (non-hydrogen) atoms. The Morgan fingerprint density at radius 2 is 1.21 bits per heavy atom. The molecule has 0 saturated carbocycles. The van der Waals surface area contributed by atoms with Crippen LogP contribution in [0.5, 0.6) is 11.5 Å². The summed E-state index contributed by atoms with van der Waals surface area (Å²) in [6.07, 6.45) is 12.7. The number of benzene rings is 1. The van der Waals surface area contributed by atoms with Gasteiger partial charge in [0.15, 0.2) is 0 Å². The van der Waals surface area contributed by atoms with Gasteiger partial charge in [-0.05, 0) is 43.5 Å². The Labute approximate surface area is 176 Å². The second-order valence-corrected chi connectivity index (χ2v) is 7.41. The van der Waals surface area contributed by atoms with E-state index in [0.29, 0.717) is 25.2 Å². The van der Waals surface area contributed by atoms with Crippen LogP contribution in [0.2, 0.25) is 0 Å². The van der Waals surface area contributed by atoms with Crippen LogP contribution >= 0.6 is 0 Å². The molecule has 0 radical (unpaired) electrons. The molecule has 0 bridgehead atoms. The van der Waals surface area contributed by atoms with Crippen LogP contribution < -0.4 is 9.47 Å². The van der Waals surface area contributed by atoms with E-state index in [2.05, 4.69) is 6.92 Å². The zero-order valence-electron chi connectivity index (χ0n) is 18.3. The van der Waals surface area contributed by atoms with Gasteiger partial charge in [0.05, 0.1) is 13.7 Å². The summed E-state index contributed by atoms with van der Waals surface area (Å²) in [4.78, 5) is 23.5. The van der Waals surface area contributed by atoms with E-state index in [1.54, 1.807) is 31.4 Å². The molecule has 5 heteroatoms. The quantitative estimate of drug-likeness (QED) is 0.174. The average Bonchev–Trinajstić information content (AvgIpc) is 2.73. The van der Waals surface area contributed by atoms with Gasteiger partial charge in [-0.3, -0.25) is 9.59 Å². The monoisotopic (exact) mass is 406 g/mol. The Kier molecular flexibility index (Phi) is 14.5. The van der Waals surface area contributed by atoms with Crippen molar-refractivity contribution >= 4 is 11.9 Å². The Bertz CT molecular complexity index is 553. The van der Waals surface area contributed by atoms with Crippen molar-refractivity contribution in [1.29, 1.82) is 0 Å². The van der Waals surface area contributed by atoms with Crippen LogP contribution in [0.15, 0.2) is 24.3 Å². The fourth-order valence-corrected chi connectivity index (χ4v) is 3.04. The molecule has 0 amide bonds. The highest BCUT2D eigenvalue weighted by Gasteiger charge is 2.06. The first-order valence-electron chi connectivity index (χ1n) is 11.2. The van der Waals surface area contributed by atoms with E-state index in [9.17, 15) is 9.59 Å². The number of ether oxygens (including phenoxy) is 3. The van der Waals surface area contributed by atoms with Crippen molar-refractivity contribution in [1.82, 2.24) is 0 Å². The van der Waals surface area contributed by atoms with Crippen LogP contribution in [-0.2, 0) is 14.3 Å². The second-order valence-electron chi connectivity index (χ2n) is 7.41. The Morgan fingerprint density at radius 1 is 0.690 bits per heavy atom. The van der Waals surface area contributed by atoms with Gasteiger partial charge in [0.25, 0.3) is 0 Å².